The van der Waals surface area contributed by atoms with Crippen LogP contribution in [0.5, 0.6) is 0 Å². The molecule has 0 aromatic heterocycles. The Balaban J connectivity index is 2.96. The van der Waals surface area contributed by atoms with Gasteiger partial charge in [0.1, 0.15) is 5.82 Å². The standard InChI is InChI=1S/C11H16FNO/c1-8-4-5-9(12)6-10(8)11(13-2)7-14-3/h4-6,11,13H,7H2,1-3H3. The number of ether oxygens (including phenoxy) is 1. The zero-order valence-corrected chi connectivity index (χ0v) is 8.80. The molecule has 0 aliphatic carbocycles. The SMILES string of the molecule is CNC(COC)c1cc(F)ccc1C. The number of rotatable bonds is 4. The van der Waals surface area contributed by atoms with Crippen molar-refractivity contribution in [1.82, 2.24) is 5.32 Å². The second-order valence-corrected chi connectivity index (χ2v) is 3.30. The molecular formula is C11H16FNO. The number of likely N-dealkylation sites (N-methyl/N-ethyl adjacent to an activating group) is 1. The zero-order chi connectivity index (χ0) is 10.6. The van der Waals surface area contributed by atoms with E-state index in [1.807, 2.05) is 14.0 Å². The van der Waals surface area contributed by atoms with E-state index in [2.05, 4.69) is 5.32 Å². The molecule has 1 rings (SSSR count). The molecule has 1 atom stereocenters. The van der Waals surface area contributed by atoms with E-state index in [9.17, 15) is 4.39 Å². The third kappa shape index (κ3) is 2.53. The minimum atomic E-state index is -0.207. The lowest BCUT2D eigenvalue weighted by molar-refractivity contribution is 0.170. The van der Waals surface area contributed by atoms with Gasteiger partial charge < -0.3 is 10.1 Å². The lowest BCUT2D eigenvalue weighted by atomic mass is 10.0. The van der Waals surface area contributed by atoms with Crippen molar-refractivity contribution >= 4 is 0 Å². The average molecular weight is 197 g/mol. The molecule has 3 heteroatoms. The summed E-state index contributed by atoms with van der Waals surface area (Å²) in [6.45, 7) is 2.51. The number of hydrogen-bond donors (Lipinski definition) is 1. The van der Waals surface area contributed by atoms with Crippen LogP contribution in [0, 0.1) is 12.7 Å². The van der Waals surface area contributed by atoms with Crippen LogP contribution in [0.15, 0.2) is 18.2 Å². The van der Waals surface area contributed by atoms with Gasteiger partial charge in [0, 0.05) is 7.11 Å². The summed E-state index contributed by atoms with van der Waals surface area (Å²) in [4.78, 5) is 0. The average Bonchev–Trinajstić information content (AvgIpc) is 2.18. The van der Waals surface area contributed by atoms with Crippen LogP contribution in [-0.4, -0.2) is 20.8 Å². The fourth-order valence-electron chi connectivity index (χ4n) is 1.48. The van der Waals surface area contributed by atoms with E-state index in [4.69, 9.17) is 4.74 Å². The highest BCUT2D eigenvalue weighted by Crippen LogP contribution is 2.18. The molecule has 1 unspecified atom stereocenters. The van der Waals surface area contributed by atoms with Crippen LogP contribution in [0.4, 0.5) is 4.39 Å². The summed E-state index contributed by atoms with van der Waals surface area (Å²) < 4.78 is 18.1. The van der Waals surface area contributed by atoms with Gasteiger partial charge in [-0.2, -0.15) is 0 Å². The molecule has 0 saturated carbocycles. The van der Waals surface area contributed by atoms with Gasteiger partial charge in [0.25, 0.3) is 0 Å². The molecule has 0 amide bonds. The Bertz CT molecular complexity index is 301. The molecule has 1 aromatic carbocycles. The van der Waals surface area contributed by atoms with Crippen molar-refractivity contribution in [3.05, 3.63) is 35.1 Å². The summed E-state index contributed by atoms with van der Waals surface area (Å²) in [6.07, 6.45) is 0. The van der Waals surface area contributed by atoms with Crippen LogP contribution in [0.25, 0.3) is 0 Å². The Kier molecular flexibility index (Phi) is 4.04. The normalized spacial score (nSPS) is 12.9. The number of benzene rings is 1. The van der Waals surface area contributed by atoms with Crippen molar-refractivity contribution in [3.8, 4) is 0 Å². The maximum Gasteiger partial charge on any atom is 0.123 e. The topological polar surface area (TPSA) is 21.3 Å². The highest BCUT2D eigenvalue weighted by molar-refractivity contribution is 5.29. The Labute approximate surface area is 84.1 Å². The van der Waals surface area contributed by atoms with Gasteiger partial charge in [-0.3, -0.25) is 0 Å². The van der Waals surface area contributed by atoms with Crippen LogP contribution in [-0.2, 0) is 4.74 Å². The molecule has 1 aromatic rings. The van der Waals surface area contributed by atoms with Crippen molar-refractivity contribution in [2.75, 3.05) is 20.8 Å². The van der Waals surface area contributed by atoms with E-state index in [0.717, 1.165) is 11.1 Å². The monoisotopic (exact) mass is 197 g/mol. The Morgan fingerprint density at radius 2 is 2.21 bits per heavy atom. The summed E-state index contributed by atoms with van der Waals surface area (Å²) in [5.41, 5.74) is 2.03. The van der Waals surface area contributed by atoms with E-state index in [1.165, 1.54) is 6.07 Å². The largest absolute Gasteiger partial charge is 0.383 e. The predicted molar refractivity (Wildman–Crippen MR) is 54.8 cm³/mol. The number of methoxy groups -OCH3 is 1. The molecule has 0 spiro atoms. The smallest absolute Gasteiger partial charge is 0.123 e. The summed E-state index contributed by atoms with van der Waals surface area (Å²) in [6, 6.07) is 4.86. The van der Waals surface area contributed by atoms with Crippen molar-refractivity contribution in [2.45, 2.75) is 13.0 Å². The quantitative estimate of drug-likeness (QED) is 0.797. The fraction of sp³-hybridized carbons (Fsp3) is 0.455. The number of halogens is 1. The number of aryl methyl sites for hydroxylation is 1. The van der Waals surface area contributed by atoms with Crippen molar-refractivity contribution < 1.29 is 9.13 Å². The molecule has 0 aliphatic heterocycles. The van der Waals surface area contributed by atoms with Gasteiger partial charge in [-0.1, -0.05) is 6.07 Å². The first kappa shape index (κ1) is 11.1. The van der Waals surface area contributed by atoms with Gasteiger partial charge in [-0.15, -0.1) is 0 Å². The van der Waals surface area contributed by atoms with Crippen LogP contribution in [0.2, 0.25) is 0 Å². The lowest BCUT2D eigenvalue weighted by Gasteiger charge is -2.17. The van der Waals surface area contributed by atoms with E-state index in [1.54, 1.807) is 19.2 Å². The maximum absolute atomic E-state index is 13.0. The predicted octanol–water partition coefficient (Wildman–Crippen LogP) is 2.04. The molecule has 14 heavy (non-hydrogen) atoms. The summed E-state index contributed by atoms with van der Waals surface area (Å²) in [7, 11) is 3.48. The minimum Gasteiger partial charge on any atom is -0.383 e. The molecule has 1 N–H and O–H groups in total. The number of hydrogen-bond acceptors (Lipinski definition) is 2. The third-order valence-electron chi connectivity index (χ3n) is 2.30. The Hall–Kier alpha value is -0.930. The van der Waals surface area contributed by atoms with Crippen molar-refractivity contribution in [2.24, 2.45) is 0 Å². The molecule has 0 radical (unpaired) electrons. The Morgan fingerprint density at radius 3 is 2.79 bits per heavy atom. The second-order valence-electron chi connectivity index (χ2n) is 3.30. The van der Waals surface area contributed by atoms with Gasteiger partial charge in [0.05, 0.1) is 12.6 Å². The number of nitrogens with one attached hydrogen (secondary N) is 1. The van der Waals surface area contributed by atoms with E-state index < -0.39 is 0 Å². The fourth-order valence-corrected chi connectivity index (χ4v) is 1.48. The van der Waals surface area contributed by atoms with Gasteiger partial charge in [-0.25, -0.2) is 4.39 Å². The van der Waals surface area contributed by atoms with E-state index in [0.29, 0.717) is 6.61 Å². The van der Waals surface area contributed by atoms with Gasteiger partial charge in [-0.05, 0) is 37.2 Å². The first-order valence-electron chi connectivity index (χ1n) is 4.61. The summed E-state index contributed by atoms with van der Waals surface area (Å²) >= 11 is 0. The molecular weight excluding hydrogens is 181 g/mol. The molecule has 0 fully saturated rings. The molecule has 0 bridgehead atoms. The first-order chi connectivity index (χ1) is 6.69. The Morgan fingerprint density at radius 1 is 1.50 bits per heavy atom. The van der Waals surface area contributed by atoms with Gasteiger partial charge in [0.15, 0.2) is 0 Å². The lowest BCUT2D eigenvalue weighted by Crippen LogP contribution is -2.22. The minimum absolute atomic E-state index is 0.0516. The third-order valence-corrected chi connectivity index (χ3v) is 2.30. The molecule has 0 heterocycles. The highest BCUT2D eigenvalue weighted by atomic mass is 19.1. The highest BCUT2D eigenvalue weighted by Gasteiger charge is 2.11. The maximum atomic E-state index is 13.0. The van der Waals surface area contributed by atoms with Crippen LogP contribution in [0.1, 0.15) is 17.2 Å². The summed E-state index contributed by atoms with van der Waals surface area (Å²) in [5.74, 6) is -0.207. The van der Waals surface area contributed by atoms with E-state index in [-0.39, 0.29) is 11.9 Å². The van der Waals surface area contributed by atoms with Crippen LogP contribution < -0.4 is 5.32 Å². The van der Waals surface area contributed by atoms with Gasteiger partial charge >= 0.3 is 0 Å². The van der Waals surface area contributed by atoms with Crippen molar-refractivity contribution in [3.63, 3.8) is 0 Å². The van der Waals surface area contributed by atoms with E-state index >= 15 is 0 Å². The summed E-state index contributed by atoms with van der Waals surface area (Å²) in [5, 5.41) is 3.10. The molecule has 78 valence electrons. The molecule has 0 saturated heterocycles. The molecule has 0 aliphatic rings. The van der Waals surface area contributed by atoms with Crippen molar-refractivity contribution in [1.29, 1.82) is 0 Å². The van der Waals surface area contributed by atoms with Crippen LogP contribution >= 0.6 is 0 Å². The van der Waals surface area contributed by atoms with Crippen LogP contribution in [0.3, 0.4) is 0 Å². The molecule has 2 nitrogen and oxygen atoms in total. The van der Waals surface area contributed by atoms with Gasteiger partial charge in [0.2, 0.25) is 0 Å². The first-order valence-corrected chi connectivity index (χ1v) is 4.61. The zero-order valence-electron chi connectivity index (χ0n) is 8.80. The second kappa shape index (κ2) is 5.08.